The van der Waals surface area contributed by atoms with Crippen molar-refractivity contribution in [2.24, 2.45) is 0 Å². The Kier molecular flexibility index (Phi) is 7.84. The van der Waals surface area contributed by atoms with Crippen LogP contribution in [-0.4, -0.2) is 51.4 Å². The number of rotatable bonds is 6. The molecule has 2 amide bonds. The van der Waals surface area contributed by atoms with Crippen LogP contribution in [0.1, 0.15) is 34.3 Å². The number of benzene rings is 4. The van der Waals surface area contributed by atoms with Crippen molar-refractivity contribution >= 4 is 33.5 Å². The summed E-state index contributed by atoms with van der Waals surface area (Å²) in [6.07, 6.45) is -2.58. The fourth-order valence-electron chi connectivity index (χ4n) is 6.23. The molecule has 1 fully saturated rings. The number of carbonyl (C=O) groups is 2. The summed E-state index contributed by atoms with van der Waals surface area (Å²) >= 11 is 0. The maximum absolute atomic E-state index is 14.1. The molecule has 6 rings (SSSR count). The average molecular weight is 582 g/mol. The van der Waals surface area contributed by atoms with Crippen molar-refractivity contribution in [2.45, 2.75) is 44.1 Å². The third kappa shape index (κ3) is 5.95. The van der Waals surface area contributed by atoms with E-state index in [1.807, 2.05) is 72.8 Å². The molecule has 0 N–H and O–H groups in total. The van der Waals surface area contributed by atoms with Crippen LogP contribution < -0.4 is 0 Å². The summed E-state index contributed by atoms with van der Waals surface area (Å²) in [6.45, 7) is 0.0182. The number of hydrogen-bond donors (Lipinski definition) is 0. The van der Waals surface area contributed by atoms with Gasteiger partial charge in [-0.2, -0.15) is 13.2 Å². The highest BCUT2D eigenvalue weighted by atomic mass is 19.4. The SMILES string of the molecule is O=C(c1cccc2ccccc12)N1CCC(N(Cc2ccnc3ccccc23)C(=O)C(F)(F)F)CC1Cc1ccccc1. The Morgan fingerprint density at radius 2 is 1.53 bits per heavy atom. The summed E-state index contributed by atoms with van der Waals surface area (Å²) in [5.41, 5.74) is 2.77. The topological polar surface area (TPSA) is 53.5 Å². The second-order valence-corrected chi connectivity index (χ2v) is 11.0. The number of piperidine rings is 1. The summed E-state index contributed by atoms with van der Waals surface area (Å²) in [5.74, 6) is -2.03. The first kappa shape index (κ1) is 28.4. The normalized spacial score (nSPS) is 17.2. The highest BCUT2D eigenvalue weighted by Crippen LogP contribution is 2.32. The molecule has 1 aliphatic rings. The molecule has 0 radical (unpaired) electrons. The van der Waals surface area contributed by atoms with Gasteiger partial charge in [0, 0.05) is 42.3 Å². The molecule has 0 saturated carbocycles. The molecule has 8 heteroatoms. The fraction of sp³-hybridized carbons (Fsp3) is 0.229. The van der Waals surface area contributed by atoms with E-state index in [1.165, 1.54) is 0 Å². The second kappa shape index (κ2) is 11.9. The highest BCUT2D eigenvalue weighted by Gasteiger charge is 2.46. The molecule has 43 heavy (non-hydrogen) atoms. The predicted octanol–water partition coefficient (Wildman–Crippen LogP) is 7.20. The molecule has 5 aromatic rings. The summed E-state index contributed by atoms with van der Waals surface area (Å²) in [6, 6.07) is 30.6. The Labute approximate surface area is 247 Å². The quantitative estimate of drug-likeness (QED) is 0.213. The van der Waals surface area contributed by atoms with Gasteiger partial charge in [-0.1, -0.05) is 84.9 Å². The first-order valence-electron chi connectivity index (χ1n) is 14.3. The zero-order chi connectivity index (χ0) is 30.0. The Morgan fingerprint density at radius 3 is 2.33 bits per heavy atom. The number of amides is 2. The van der Waals surface area contributed by atoms with Crippen molar-refractivity contribution in [1.82, 2.24) is 14.8 Å². The summed E-state index contributed by atoms with van der Waals surface area (Å²) in [5, 5.41) is 2.47. The molecule has 2 heterocycles. The van der Waals surface area contributed by atoms with Gasteiger partial charge >= 0.3 is 12.1 Å². The van der Waals surface area contributed by atoms with Gasteiger partial charge in [0.05, 0.1) is 5.52 Å². The molecule has 0 aliphatic carbocycles. The van der Waals surface area contributed by atoms with Gasteiger partial charge in [-0.15, -0.1) is 0 Å². The Bertz CT molecular complexity index is 1760. The molecule has 5 nitrogen and oxygen atoms in total. The average Bonchev–Trinajstić information content (AvgIpc) is 3.03. The number of aromatic nitrogens is 1. The minimum atomic E-state index is -5.03. The monoisotopic (exact) mass is 581 g/mol. The highest BCUT2D eigenvalue weighted by molar-refractivity contribution is 6.07. The van der Waals surface area contributed by atoms with Crippen molar-refractivity contribution in [2.75, 3.05) is 6.54 Å². The molecule has 4 aromatic carbocycles. The fourth-order valence-corrected chi connectivity index (χ4v) is 6.23. The molecule has 1 saturated heterocycles. The van der Waals surface area contributed by atoms with E-state index in [-0.39, 0.29) is 31.8 Å². The maximum Gasteiger partial charge on any atom is 0.471 e. The van der Waals surface area contributed by atoms with Gasteiger partial charge in [0.25, 0.3) is 5.91 Å². The van der Waals surface area contributed by atoms with Gasteiger partial charge in [-0.05, 0) is 59.4 Å². The van der Waals surface area contributed by atoms with Crippen molar-refractivity contribution in [3.63, 3.8) is 0 Å². The van der Waals surface area contributed by atoms with Crippen LogP contribution in [-0.2, 0) is 17.8 Å². The first-order valence-corrected chi connectivity index (χ1v) is 14.3. The van der Waals surface area contributed by atoms with Crippen LogP contribution in [0.15, 0.2) is 109 Å². The number of fused-ring (bicyclic) bond motifs is 2. The maximum atomic E-state index is 14.1. The number of hydrogen-bond acceptors (Lipinski definition) is 3. The van der Waals surface area contributed by atoms with Gasteiger partial charge < -0.3 is 9.80 Å². The lowest BCUT2D eigenvalue weighted by Crippen LogP contribution is -2.55. The smallest absolute Gasteiger partial charge is 0.335 e. The van der Waals surface area contributed by atoms with Crippen LogP contribution in [0.2, 0.25) is 0 Å². The van der Waals surface area contributed by atoms with E-state index in [4.69, 9.17) is 0 Å². The van der Waals surface area contributed by atoms with Crippen LogP contribution in [0.25, 0.3) is 21.7 Å². The number of carbonyl (C=O) groups excluding carboxylic acids is 2. The van der Waals surface area contributed by atoms with Gasteiger partial charge in [0.2, 0.25) is 0 Å². The van der Waals surface area contributed by atoms with Gasteiger partial charge in [-0.3, -0.25) is 14.6 Å². The zero-order valence-electron chi connectivity index (χ0n) is 23.4. The third-order valence-corrected chi connectivity index (χ3v) is 8.31. The van der Waals surface area contributed by atoms with E-state index < -0.39 is 24.2 Å². The van der Waals surface area contributed by atoms with Crippen molar-refractivity contribution in [3.8, 4) is 0 Å². The summed E-state index contributed by atoms with van der Waals surface area (Å²) in [7, 11) is 0. The zero-order valence-corrected chi connectivity index (χ0v) is 23.4. The van der Waals surface area contributed by atoms with E-state index >= 15 is 0 Å². The number of likely N-dealkylation sites (tertiary alicyclic amines) is 1. The van der Waals surface area contributed by atoms with Crippen LogP contribution in [0.5, 0.6) is 0 Å². The lowest BCUT2D eigenvalue weighted by atomic mass is 9.89. The lowest BCUT2D eigenvalue weighted by molar-refractivity contribution is -0.189. The van der Waals surface area contributed by atoms with Crippen LogP contribution in [0.4, 0.5) is 13.2 Å². The molecule has 2 unspecified atom stereocenters. The first-order chi connectivity index (χ1) is 20.8. The number of nitrogens with zero attached hydrogens (tertiary/aromatic N) is 3. The van der Waals surface area contributed by atoms with Crippen molar-refractivity contribution < 1.29 is 22.8 Å². The lowest BCUT2D eigenvalue weighted by Gasteiger charge is -2.44. The Balaban J connectivity index is 1.35. The van der Waals surface area contributed by atoms with E-state index in [2.05, 4.69) is 4.98 Å². The van der Waals surface area contributed by atoms with Crippen molar-refractivity contribution in [1.29, 1.82) is 0 Å². The van der Waals surface area contributed by atoms with Crippen LogP contribution >= 0.6 is 0 Å². The second-order valence-electron chi connectivity index (χ2n) is 11.0. The third-order valence-electron chi connectivity index (χ3n) is 8.31. The molecule has 1 aromatic heterocycles. The van der Waals surface area contributed by atoms with Crippen LogP contribution in [0.3, 0.4) is 0 Å². The van der Waals surface area contributed by atoms with Crippen molar-refractivity contribution in [3.05, 3.63) is 126 Å². The molecule has 1 aliphatic heterocycles. The Morgan fingerprint density at radius 1 is 0.837 bits per heavy atom. The van der Waals surface area contributed by atoms with Gasteiger partial charge in [-0.25, -0.2) is 0 Å². The number of pyridine rings is 1. The van der Waals surface area contributed by atoms with Gasteiger partial charge in [0.15, 0.2) is 0 Å². The standard InChI is InChI=1S/C35H30F3N3O2/c36-35(37,38)34(43)41(23-26-17-19-39-32-16-7-6-14-30(26)32)27-18-20-40(28(22-27)21-24-9-2-1-3-10-24)33(42)31-15-8-12-25-11-4-5-13-29(25)31/h1-17,19,27-28H,18,20-23H2. The molecular weight excluding hydrogens is 551 g/mol. The number of halogens is 3. The van der Waals surface area contributed by atoms with E-state index in [9.17, 15) is 22.8 Å². The molecule has 218 valence electrons. The van der Waals surface area contributed by atoms with Gasteiger partial charge in [0.1, 0.15) is 0 Å². The predicted molar refractivity (Wildman–Crippen MR) is 160 cm³/mol. The van der Waals surface area contributed by atoms with E-state index in [0.29, 0.717) is 28.5 Å². The van der Waals surface area contributed by atoms with E-state index in [1.54, 1.807) is 41.4 Å². The largest absolute Gasteiger partial charge is 0.471 e. The molecule has 2 atom stereocenters. The Hall–Kier alpha value is -4.72. The summed E-state index contributed by atoms with van der Waals surface area (Å²) in [4.78, 5) is 34.1. The molecule has 0 bridgehead atoms. The minimum absolute atomic E-state index is 0.162. The van der Waals surface area contributed by atoms with Crippen LogP contribution in [0, 0.1) is 0 Å². The molecular formula is C35H30F3N3O2. The summed E-state index contributed by atoms with van der Waals surface area (Å²) < 4.78 is 42.1. The minimum Gasteiger partial charge on any atom is -0.335 e. The van der Waals surface area contributed by atoms with E-state index in [0.717, 1.165) is 21.2 Å². The molecule has 0 spiro atoms. The number of alkyl halides is 3. The number of para-hydroxylation sites is 1.